The normalized spacial score (nSPS) is 12.2. The second-order valence-electron chi connectivity index (χ2n) is 4.06. The number of nitrogens with zero attached hydrogens (tertiary/aromatic N) is 1. The Hall–Kier alpha value is -2.29. The molecule has 0 spiro atoms. The van der Waals surface area contributed by atoms with Gasteiger partial charge in [0.25, 0.3) is 0 Å². The quantitative estimate of drug-likeness (QED) is 0.468. The zero-order valence-electron chi connectivity index (χ0n) is 10.1. The third-order valence-corrected chi connectivity index (χ3v) is 2.91. The van der Waals surface area contributed by atoms with Gasteiger partial charge in [-0.25, -0.2) is 8.78 Å². The van der Waals surface area contributed by atoms with Crippen molar-refractivity contribution in [1.29, 1.82) is 0 Å². The lowest BCUT2D eigenvalue weighted by Crippen LogP contribution is -2.34. The second kappa shape index (κ2) is 6.44. The number of halogens is 3. The molecule has 21 heavy (non-hydrogen) atoms. The van der Waals surface area contributed by atoms with Crippen molar-refractivity contribution in [2.75, 3.05) is 6.54 Å². The summed E-state index contributed by atoms with van der Waals surface area (Å²) in [6.07, 6.45) is 0. The maximum atomic E-state index is 13.8. The first-order valence-electron chi connectivity index (χ1n) is 5.37. The molecule has 0 bridgehead atoms. The second-order valence-corrected chi connectivity index (χ2v) is 4.50. The molecule has 10 heteroatoms. The number of carboxylic acids is 2. The summed E-state index contributed by atoms with van der Waals surface area (Å²) in [7, 11) is 0. The molecule has 0 aliphatic rings. The minimum atomic E-state index is -2.37. The van der Waals surface area contributed by atoms with Crippen molar-refractivity contribution in [2.45, 2.75) is 5.92 Å². The molecule has 1 atom stereocenters. The van der Waals surface area contributed by atoms with E-state index in [4.69, 9.17) is 21.8 Å². The Morgan fingerprint density at radius 1 is 1.24 bits per heavy atom. The number of carboxylic acid groups (broad SMARTS) is 2. The van der Waals surface area contributed by atoms with Gasteiger partial charge in [-0.05, 0) is 12.1 Å². The van der Waals surface area contributed by atoms with Gasteiger partial charge in [0.2, 0.25) is 6.54 Å². The number of rotatable bonds is 6. The highest BCUT2D eigenvalue weighted by atomic mass is 35.5. The molecule has 1 rings (SSSR count). The summed E-state index contributed by atoms with van der Waals surface area (Å²) >= 11 is 5.39. The van der Waals surface area contributed by atoms with Crippen molar-refractivity contribution in [3.63, 3.8) is 0 Å². The van der Waals surface area contributed by atoms with E-state index in [1.165, 1.54) is 0 Å². The van der Waals surface area contributed by atoms with E-state index in [0.717, 1.165) is 0 Å². The first-order chi connectivity index (χ1) is 9.65. The van der Waals surface area contributed by atoms with Crippen LogP contribution in [0.25, 0.3) is 0 Å². The van der Waals surface area contributed by atoms with Gasteiger partial charge in [-0.2, -0.15) is 0 Å². The molecule has 0 amide bonds. The molecular formula is C11H8ClF2NO6. The summed E-state index contributed by atoms with van der Waals surface area (Å²) in [4.78, 5) is 31.4. The molecule has 0 aromatic heterocycles. The summed E-state index contributed by atoms with van der Waals surface area (Å²) in [6.45, 7) is -1.27. The lowest BCUT2D eigenvalue weighted by molar-refractivity contribution is -0.484. The van der Waals surface area contributed by atoms with Gasteiger partial charge in [-0.15, -0.1) is 0 Å². The van der Waals surface area contributed by atoms with Gasteiger partial charge in [0, 0.05) is 15.5 Å². The Morgan fingerprint density at radius 2 is 1.67 bits per heavy atom. The fourth-order valence-corrected chi connectivity index (χ4v) is 2.07. The van der Waals surface area contributed by atoms with Crippen LogP contribution in [0.2, 0.25) is 5.02 Å². The van der Waals surface area contributed by atoms with Gasteiger partial charge >= 0.3 is 11.9 Å². The average Bonchev–Trinajstić information content (AvgIpc) is 2.24. The largest absolute Gasteiger partial charge is 0.481 e. The van der Waals surface area contributed by atoms with Gasteiger partial charge in [0.15, 0.2) is 5.92 Å². The van der Waals surface area contributed by atoms with Crippen LogP contribution < -0.4 is 0 Å². The van der Waals surface area contributed by atoms with E-state index in [2.05, 4.69) is 0 Å². The molecule has 1 aromatic carbocycles. The number of benzene rings is 1. The number of hydrogen-bond acceptors (Lipinski definition) is 4. The van der Waals surface area contributed by atoms with Crippen LogP contribution in [-0.4, -0.2) is 33.6 Å². The van der Waals surface area contributed by atoms with Crippen LogP contribution >= 0.6 is 11.6 Å². The van der Waals surface area contributed by atoms with E-state index >= 15 is 0 Å². The van der Waals surface area contributed by atoms with Crippen LogP contribution in [0.15, 0.2) is 12.1 Å². The lowest BCUT2D eigenvalue weighted by Gasteiger charge is -2.19. The summed E-state index contributed by atoms with van der Waals surface area (Å²) in [6, 6.07) is 1.24. The van der Waals surface area contributed by atoms with Crippen molar-refractivity contribution in [3.8, 4) is 0 Å². The van der Waals surface area contributed by atoms with Crippen LogP contribution in [0.1, 0.15) is 11.5 Å². The predicted octanol–water partition coefficient (Wildman–Crippen LogP) is 1.76. The van der Waals surface area contributed by atoms with Crippen LogP contribution in [0.3, 0.4) is 0 Å². The Morgan fingerprint density at radius 3 is 2.00 bits per heavy atom. The van der Waals surface area contributed by atoms with Crippen molar-refractivity contribution in [3.05, 3.63) is 44.5 Å². The highest BCUT2D eigenvalue weighted by molar-refractivity contribution is 6.30. The molecule has 1 unspecified atom stereocenters. The number of hydrogen-bond donors (Lipinski definition) is 2. The molecule has 0 aliphatic carbocycles. The number of nitro groups is 1. The average molecular weight is 324 g/mol. The van der Waals surface area contributed by atoms with Gasteiger partial charge < -0.3 is 10.2 Å². The van der Waals surface area contributed by atoms with E-state index < -0.39 is 52.4 Å². The molecule has 0 heterocycles. The molecule has 0 radical (unpaired) electrons. The summed E-state index contributed by atoms with van der Waals surface area (Å²) < 4.78 is 27.5. The summed E-state index contributed by atoms with van der Waals surface area (Å²) in [5, 5.41) is 27.9. The van der Waals surface area contributed by atoms with E-state index in [0.29, 0.717) is 12.1 Å². The maximum Gasteiger partial charge on any atom is 0.318 e. The van der Waals surface area contributed by atoms with Crippen molar-refractivity contribution in [1.82, 2.24) is 0 Å². The summed E-state index contributed by atoms with van der Waals surface area (Å²) in [5.41, 5.74) is -0.995. The molecule has 114 valence electrons. The topological polar surface area (TPSA) is 118 Å². The van der Waals surface area contributed by atoms with Gasteiger partial charge in [0.1, 0.15) is 11.6 Å². The van der Waals surface area contributed by atoms with Crippen molar-refractivity contribution >= 4 is 23.5 Å². The van der Waals surface area contributed by atoms with E-state index in [1.807, 2.05) is 0 Å². The van der Waals surface area contributed by atoms with Gasteiger partial charge in [-0.1, -0.05) is 11.6 Å². The molecule has 0 aliphatic heterocycles. The third kappa shape index (κ3) is 3.85. The molecule has 1 aromatic rings. The standard InChI is InChI=1S/C11H8ClF2NO6/c12-4-1-6(13)8(7(14)2-4)5(3-15(20)21)9(10(16)17)11(18)19/h1-2,5,9H,3H2,(H,16,17)(H,18,19). The minimum Gasteiger partial charge on any atom is -0.481 e. The fraction of sp³-hybridized carbons (Fsp3) is 0.273. The molecule has 7 nitrogen and oxygen atoms in total. The number of aliphatic carboxylic acids is 2. The summed E-state index contributed by atoms with van der Waals surface area (Å²) in [5.74, 6) is -11.0. The Balaban J connectivity index is 3.48. The molecule has 0 saturated carbocycles. The molecular weight excluding hydrogens is 316 g/mol. The van der Waals surface area contributed by atoms with Crippen LogP contribution in [0.4, 0.5) is 8.78 Å². The third-order valence-electron chi connectivity index (χ3n) is 2.69. The first kappa shape index (κ1) is 16.8. The van der Waals surface area contributed by atoms with E-state index in [1.54, 1.807) is 0 Å². The molecule has 2 N–H and O–H groups in total. The lowest BCUT2D eigenvalue weighted by atomic mass is 9.85. The van der Waals surface area contributed by atoms with Crippen molar-refractivity contribution < 1.29 is 33.5 Å². The van der Waals surface area contributed by atoms with Crippen LogP contribution in [0.5, 0.6) is 0 Å². The molecule has 0 fully saturated rings. The predicted molar refractivity (Wildman–Crippen MR) is 64.7 cm³/mol. The maximum absolute atomic E-state index is 13.8. The number of carbonyl (C=O) groups is 2. The van der Waals surface area contributed by atoms with Gasteiger partial charge in [0.05, 0.1) is 5.92 Å². The zero-order chi connectivity index (χ0) is 16.3. The zero-order valence-corrected chi connectivity index (χ0v) is 10.9. The van der Waals surface area contributed by atoms with Crippen molar-refractivity contribution in [2.24, 2.45) is 5.92 Å². The highest BCUT2D eigenvalue weighted by Gasteiger charge is 2.42. The molecule has 0 saturated heterocycles. The monoisotopic (exact) mass is 323 g/mol. The Bertz CT molecular complexity index is 571. The Kier molecular flexibility index (Phi) is 5.14. The minimum absolute atomic E-state index is 0.351. The fourth-order valence-electron chi connectivity index (χ4n) is 1.88. The van der Waals surface area contributed by atoms with Crippen LogP contribution in [-0.2, 0) is 9.59 Å². The SMILES string of the molecule is O=C(O)C(C(=O)O)C(C[N+](=O)[O-])c1c(F)cc(Cl)cc1F. The highest BCUT2D eigenvalue weighted by Crippen LogP contribution is 2.32. The Labute approximate surface area is 120 Å². The van der Waals surface area contributed by atoms with E-state index in [-0.39, 0.29) is 5.02 Å². The van der Waals surface area contributed by atoms with Gasteiger partial charge in [-0.3, -0.25) is 19.7 Å². The smallest absolute Gasteiger partial charge is 0.318 e. The van der Waals surface area contributed by atoms with E-state index in [9.17, 15) is 28.5 Å². The van der Waals surface area contributed by atoms with Crippen LogP contribution in [0, 0.1) is 27.7 Å². The first-order valence-corrected chi connectivity index (χ1v) is 5.74.